The summed E-state index contributed by atoms with van der Waals surface area (Å²) in [5.41, 5.74) is 1.33. The Morgan fingerprint density at radius 3 is 2.64 bits per heavy atom. The van der Waals surface area contributed by atoms with Gasteiger partial charge in [0.15, 0.2) is 0 Å². The third kappa shape index (κ3) is 5.45. The van der Waals surface area contributed by atoms with Gasteiger partial charge in [-0.1, -0.05) is 61.7 Å². The minimum absolute atomic E-state index is 0. The van der Waals surface area contributed by atoms with E-state index in [1.165, 1.54) is 21.2 Å². The van der Waals surface area contributed by atoms with Crippen LogP contribution < -0.4 is 0 Å². The number of alkyl halides is 2. The summed E-state index contributed by atoms with van der Waals surface area (Å²) in [7, 11) is 0. The molecule has 4 atom stereocenters. The van der Waals surface area contributed by atoms with Crippen LogP contribution in [0.5, 0.6) is 0 Å². The van der Waals surface area contributed by atoms with Gasteiger partial charge in [0.25, 0.3) is 0 Å². The van der Waals surface area contributed by atoms with E-state index in [0.29, 0.717) is 12.3 Å². The number of benzene rings is 2. The second-order valence-electron chi connectivity index (χ2n) is 7.75. The van der Waals surface area contributed by atoms with Gasteiger partial charge in [-0.15, -0.1) is 21.9 Å². The zero-order valence-corrected chi connectivity index (χ0v) is 20.4. The molecule has 145 valence electrons. The summed E-state index contributed by atoms with van der Waals surface area (Å²) in [6, 6.07) is 19.2. The van der Waals surface area contributed by atoms with Crippen LogP contribution in [0.3, 0.4) is 0 Å². The van der Waals surface area contributed by atoms with E-state index >= 15 is 0 Å². The van der Waals surface area contributed by atoms with Crippen LogP contribution in [0.1, 0.15) is 36.1 Å². The SMILES string of the molecule is FC1C[C@H](CCCc2cc[c-]s2)[C@@H](CCc2ccc3ccccc3c2)C1Cl.[Y]. The monoisotopic (exact) mass is 488 g/mol. The van der Waals surface area contributed by atoms with Crippen LogP contribution in [0.15, 0.2) is 54.6 Å². The zero-order valence-electron chi connectivity index (χ0n) is 16.0. The van der Waals surface area contributed by atoms with Crippen molar-refractivity contribution in [1.82, 2.24) is 0 Å². The third-order valence-electron chi connectivity index (χ3n) is 5.99. The number of fused-ring (bicyclic) bond motifs is 1. The Hall–Kier alpha value is -0.276. The Labute approximate surface area is 201 Å². The number of thiophene rings is 1. The van der Waals surface area contributed by atoms with E-state index in [1.807, 2.05) is 6.07 Å². The third-order valence-corrected chi connectivity index (χ3v) is 7.45. The van der Waals surface area contributed by atoms with Gasteiger partial charge in [0.1, 0.15) is 6.17 Å². The number of hydrogen-bond donors (Lipinski definition) is 0. The smallest absolute Gasteiger partial charge is 0.117 e. The van der Waals surface area contributed by atoms with Crippen LogP contribution in [-0.2, 0) is 45.6 Å². The molecule has 0 nitrogen and oxygen atoms in total. The molecule has 28 heavy (non-hydrogen) atoms. The van der Waals surface area contributed by atoms with Gasteiger partial charge in [0, 0.05) is 32.7 Å². The van der Waals surface area contributed by atoms with Crippen molar-refractivity contribution < 1.29 is 37.1 Å². The molecule has 0 saturated heterocycles. The van der Waals surface area contributed by atoms with Gasteiger partial charge in [0.05, 0.1) is 5.38 Å². The molecular weight excluding hydrogens is 464 g/mol. The molecule has 0 N–H and O–H groups in total. The Morgan fingerprint density at radius 1 is 1.04 bits per heavy atom. The van der Waals surface area contributed by atoms with Crippen LogP contribution in [-0.4, -0.2) is 11.5 Å². The van der Waals surface area contributed by atoms with Crippen LogP contribution in [0.4, 0.5) is 4.39 Å². The Bertz CT molecular complexity index is 866. The normalized spacial score (nSPS) is 24.4. The fraction of sp³-hybridized carbons (Fsp3) is 0.417. The van der Waals surface area contributed by atoms with Crippen molar-refractivity contribution >= 4 is 33.7 Å². The summed E-state index contributed by atoms with van der Waals surface area (Å²) in [4.78, 5) is 1.37. The molecule has 0 aliphatic heterocycles. The largest absolute Gasteiger partial charge is 0.300 e. The minimum Gasteiger partial charge on any atom is -0.300 e. The number of hydrogen-bond acceptors (Lipinski definition) is 1. The molecule has 4 rings (SSSR count). The summed E-state index contributed by atoms with van der Waals surface area (Å²) >= 11 is 8.18. The van der Waals surface area contributed by atoms with Crippen molar-refractivity contribution in [3.63, 3.8) is 0 Å². The molecule has 1 fully saturated rings. The molecule has 2 unspecified atom stereocenters. The molecule has 1 radical (unpaired) electrons. The predicted molar refractivity (Wildman–Crippen MR) is 114 cm³/mol. The van der Waals surface area contributed by atoms with Crippen molar-refractivity contribution in [2.45, 2.75) is 50.1 Å². The van der Waals surface area contributed by atoms with Crippen molar-refractivity contribution in [1.29, 1.82) is 0 Å². The first-order valence-electron chi connectivity index (χ1n) is 9.91. The fourth-order valence-electron chi connectivity index (χ4n) is 4.52. The van der Waals surface area contributed by atoms with Crippen LogP contribution >= 0.6 is 22.9 Å². The average Bonchev–Trinajstić information content (AvgIpc) is 3.29. The Morgan fingerprint density at radius 2 is 1.86 bits per heavy atom. The first kappa shape index (κ1) is 22.4. The maximum Gasteiger partial charge on any atom is 0.117 e. The number of halogens is 2. The molecule has 1 heterocycles. The summed E-state index contributed by atoms with van der Waals surface area (Å²) < 4.78 is 14.3. The molecule has 4 heteroatoms. The molecule has 0 bridgehead atoms. The van der Waals surface area contributed by atoms with E-state index < -0.39 is 6.17 Å². The van der Waals surface area contributed by atoms with Gasteiger partial charge in [0.2, 0.25) is 0 Å². The van der Waals surface area contributed by atoms with E-state index in [0.717, 1.165) is 32.1 Å². The van der Waals surface area contributed by atoms with Crippen molar-refractivity contribution in [2.75, 3.05) is 0 Å². The summed E-state index contributed by atoms with van der Waals surface area (Å²) in [6.07, 6.45) is 4.99. The first-order chi connectivity index (χ1) is 13.2. The first-order valence-corrected chi connectivity index (χ1v) is 11.2. The zero-order chi connectivity index (χ0) is 18.6. The van der Waals surface area contributed by atoms with E-state index in [1.54, 1.807) is 11.3 Å². The molecule has 0 spiro atoms. The molecule has 0 amide bonds. The topological polar surface area (TPSA) is 0 Å². The molecule has 1 aromatic heterocycles. The van der Waals surface area contributed by atoms with E-state index in [-0.39, 0.29) is 44.0 Å². The van der Waals surface area contributed by atoms with Crippen molar-refractivity contribution in [3.8, 4) is 0 Å². The quantitative estimate of drug-likeness (QED) is 0.243. The van der Waals surface area contributed by atoms with Gasteiger partial charge >= 0.3 is 0 Å². The van der Waals surface area contributed by atoms with Crippen LogP contribution in [0.25, 0.3) is 10.8 Å². The predicted octanol–water partition coefficient (Wildman–Crippen LogP) is 7.24. The summed E-state index contributed by atoms with van der Waals surface area (Å²) in [5, 5.41) is 5.36. The standard InChI is InChI=1S/C24H25ClFS.Y/c25-24-22(13-11-17-10-12-18-5-1-2-6-19(18)15-17)20(16-23(24)26)7-3-8-21-9-4-14-27-21;/h1-2,4-6,9-10,12,15,20,22-24H,3,7-8,11,13,16H2;/q-1;/t20-,22+,23?,24?;/m0./s1. The summed E-state index contributed by atoms with van der Waals surface area (Å²) in [5.74, 6) is 0.690. The number of aryl methyl sites for hydroxylation is 2. The van der Waals surface area contributed by atoms with E-state index in [9.17, 15) is 4.39 Å². The molecule has 1 saturated carbocycles. The van der Waals surface area contributed by atoms with Gasteiger partial charge in [-0.2, -0.15) is 6.07 Å². The van der Waals surface area contributed by atoms with Crippen molar-refractivity contribution in [3.05, 3.63) is 70.4 Å². The molecular formula is C24H25ClFSY-. The van der Waals surface area contributed by atoms with Gasteiger partial charge in [-0.25, -0.2) is 10.5 Å². The molecule has 1 aliphatic rings. The Balaban J connectivity index is 0.00000225. The van der Waals surface area contributed by atoms with Crippen molar-refractivity contribution in [2.24, 2.45) is 11.8 Å². The second kappa shape index (κ2) is 10.7. The van der Waals surface area contributed by atoms with E-state index in [2.05, 4.69) is 53.9 Å². The van der Waals surface area contributed by atoms with Gasteiger partial charge in [-0.3, -0.25) is 0 Å². The average molecular weight is 489 g/mol. The minimum atomic E-state index is -0.853. The van der Waals surface area contributed by atoms with E-state index in [4.69, 9.17) is 11.6 Å². The molecule has 2 aromatic carbocycles. The van der Waals surface area contributed by atoms with Crippen LogP contribution in [0, 0.1) is 17.2 Å². The van der Waals surface area contributed by atoms with Gasteiger partial charge in [-0.05, 0) is 47.4 Å². The maximum absolute atomic E-state index is 14.3. The Kier molecular flexibility index (Phi) is 8.53. The molecule has 3 aromatic rings. The van der Waals surface area contributed by atoms with Gasteiger partial charge < -0.3 is 11.3 Å². The second-order valence-corrected chi connectivity index (χ2v) is 9.22. The fourth-order valence-corrected chi connectivity index (χ4v) is 5.62. The maximum atomic E-state index is 14.3. The summed E-state index contributed by atoms with van der Waals surface area (Å²) in [6.45, 7) is 0. The van der Waals surface area contributed by atoms with Crippen LogP contribution in [0.2, 0.25) is 0 Å². The molecule has 1 aliphatic carbocycles. The number of rotatable bonds is 7.